The minimum atomic E-state index is -1.47. The zero-order chi connectivity index (χ0) is 19.9. The summed E-state index contributed by atoms with van der Waals surface area (Å²) in [7, 11) is 3.23. The zero-order valence-electron chi connectivity index (χ0n) is 14.8. The van der Waals surface area contributed by atoms with Crippen molar-refractivity contribution in [3.8, 4) is 0 Å². The van der Waals surface area contributed by atoms with Crippen LogP contribution in [-0.2, 0) is 28.6 Å². The second-order valence-electron chi connectivity index (χ2n) is 5.37. The SMILES string of the molecule is COC(=O)C(C(=O)OC)[C@H](C)[C@@H](NC(=O)c1cccc(F)c1)C(=O)OC. The Labute approximate surface area is 149 Å². The molecule has 1 aromatic carbocycles. The highest BCUT2D eigenvalue weighted by Crippen LogP contribution is 2.21. The van der Waals surface area contributed by atoms with Gasteiger partial charge in [-0.3, -0.25) is 14.4 Å². The Kier molecular flexibility index (Phi) is 7.70. The number of esters is 3. The number of carbonyl (C=O) groups excluding carboxylic acids is 4. The van der Waals surface area contributed by atoms with Crippen molar-refractivity contribution in [2.75, 3.05) is 21.3 Å². The lowest BCUT2D eigenvalue weighted by molar-refractivity contribution is -0.162. The molecule has 0 aliphatic heterocycles. The number of benzene rings is 1. The molecule has 0 spiro atoms. The van der Waals surface area contributed by atoms with E-state index in [-0.39, 0.29) is 5.56 Å². The summed E-state index contributed by atoms with van der Waals surface area (Å²) in [5, 5.41) is 2.35. The highest BCUT2D eigenvalue weighted by Gasteiger charge is 2.42. The van der Waals surface area contributed by atoms with Gasteiger partial charge < -0.3 is 19.5 Å². The summed E-state index contributed by atoms with van der Waals surface area (Å²) in [6.45, 7) is 1.38. The minimum absolute atomic E-state index is 0.0428. The molecule has 142 valence electrons. The molecule has 0 saturated carbocycles. The van der Waals surface area contributed by atoms with Gasteiger partial charge in [0.15, 0.2) is 5.92 Å². The number of hydrogen-bond donors (Lipinski definition) is 1. The predicted octanol–water partition coefficient (Wildman–Crippen LogP) is 0.695. The third-order valence-corrected chi connectivity index (χ3v) is 3.79. The van der Waals surface area contributed by atoms with E-state index in [1.165, 1.54) is 19.1 Å². The number of carbonyl (C=O) groups is 4. The number of amides is 1. The summed E-state index contributed by atoms with van der Waals surface area (Å²) in [6.07, 6.45) is 0. The average Bonchev–Trinajstić information content (AvgIpc) is 2.64. The summed E-state index contributed by atoms with van der Waals surface area (Å²) in [5.74, 6) is -6.69. The van der Waals surface area contributed by atoms with Gasteiger partial charge in [0.1, 0.15) is 11.9 Å². The first kappa shape index (κ1) is 21.1. The molecule has 0 heterocycles. The number of halogens is 1. The molecule has 0 fully saturated rings. The molecule has 0 aliphatic rings. The Balaban J connectivity index is 3.15. The van der Waals surface area contributed by atoms with Gasteiger partial charge in [-0.2, -0.15) is 0 Å². The molecular formula is C17H20FNO7. The van der Waals surface area contributed by atoms with Crippen LogP contribution in [0.5, 0.6) is 0 Å². The summed E-state index contributed by atoms with van der Waals surface area (Å²) in [4.78, 5) is 48.3. The maximum Gasteiger partial charge on any atom is 0.328 e. The third-order valence-electron chi connectivity index (χ3n) is 3.79. The molecule has 1 amide bonds. The summed E-state index contributed by atoms with van der Waals surface area (Å²) >= 11 is 0. The van der Waals surface area contributed by atoms with Crippen LogP contribution in [0, 0.1) is 17.7 Å². The molecule has 2 atom stereocenters. The van der Waals surface area contributed by atoms with Crippen LogP contribution in [0.2, 0.25) is 0 Å². The van der Waals surface area contributed by atoms with Crippen molar-refractivity contribution in [2.24, 2.45) is 11.8 Å². The lowest BCUT2D eigenvalue weighted by Crippen LogP contribution is -2.51. The van der Waals surface area contributed by atoms with E-state index >= 15 is 0 Å². The fourth-order valence-electron chi connectivity index (χ4n) is 2.36. The van der Waals surface area contributed by atoms with Gasteiger partial charge in [0.2, 0.25) is 0 Å². The van der Waals surface area contributed by atoms with Crippen LogP contribution in [0.1, 0.15) is 17.3 Å². The fraction of sp³-hybridized carbons (Fsp3) is 0.412. The van der Waals surface area contributed by atoms with Gasteiger partial charge in [0.05, 0.1) is 21.3 Å². The Bertz CT molecular complexity index is 675. The monoisotopic (exact) mass is 369 g/mol. The van der Waals surface area contributed by atoms with Gasteiger partial charge in [0, 0.05) is 11.5 Å². The average molecular weight is 369 g/mol. The fourth-order valence-corrected chi connectivity index (χ4v) is 2.36. The quantitative estimate of drug-likeness (QED) is 0.428. The zero-order valence-corrected chi connectivity index (χ0v) is 14.8. The molecule has 1 aromatic rings. The van der Waals surface area contributed by atoms with Gasteiger partial charge in [-0.15, -0.1) is 0 Å². The molecule has 26 heavy (non-hydrogen) atoms. The van der Waals surface area contributed by atoms with E-state index < -0.39 is 47.5 Å². The minimum Gasteiger partial charge on any atom is -0.468 e. The highest BCUT2D eigenvalue weighted by atomic mass is 19.1. The van der Waals surface area contributed by atoms with Crippen molar-refractivity contribution in [1.29, 1.82) is 0 Å². The van der Waals surface area contributed by atoms with E-state index in [2.05, 4.69) is 19.5 Å². The van der Waals surface area contributed by atoms with E-state index in [1.54, 1.807) is 0 Å². The molecule has 8 nitrogen and oxygen atoms in total. The first-order valence-electron chi connectivity index (χ1n) is 7.56. The molecule has 0 aliphatic carbocycles. The van der Waals surface area contributed by atoms with Gasteiger partial charge in [-0.25, -0.2) is 9.18 Å². The summed E-state index contributed by atoms with van der Waals surface area (Å²) in [6, 6.07) is 3.43. The van der Waals surface area contributed by atoms with Gasteiger partial charge in [-0.1, -0.05) is 13.0 Å². The molecule has 1 N–H and O–H groups in total. The van der Waals surface area contributed by atoms with Crippen LogP contribution in [0.25, 0.3) is 0 Å². The van der Waals surface area contributed by atoms with E-state index in [0.717, 1.165) is 33.5 Å². The summed E-state index contributed by atoms with van der Waals surface area (Å²) in [5.41, 5.74) is -0.0428. The Morgan fingerprint density at radius 1 is 0.962 bits per heavy atom. The second kappa shape index (κ2) is 9.50. The van der Waals surface area contributed by atoms with Crippen LogP contribution >= 0.6 is 0 Å². The van der Waals surface area contributed by atoms with E-state index in [0.29, 0.717) is 0 Å². The molecular weight excluding hydrogens is 349 g/mol. The van der Waals surface area contributed by atoms with E-state index in [1.807, 2.05) is 0 Å². The van der Waals surface area contributed by atoms with Crippen molar-refractivity contribution in [1.82, 2.24) is 5.32 Å². The van der Waals surface area contributed by atoms with Crippen molar-refractivity contribution < 1.29 is 37.8 Å². The lowest BCUT2D eigenvalue weighted by Gasteiger charge is -2.27. The topological polar surface area (TPSA) is 108 Å². The normalized spacial score (nSPS) is 12.7. The maximum atomic E-state index is 13.3. The van der Waals surface area contributed by atoms with Crippen LogP contribution < -0.4 is 5.32 Å². The first-order valence-corrected chi connectivity index (χ1v) is 7.56. The second-order valence-corrected chi connectivity index (χ2v) is 5.37. The lowest BCUT2D eigenvalue weighted by atomic mass is 9.87. The van der Waals surface area contributed by atoms with E-state index in [4.69, 9.17) is 0 Å². The van der Waals surface area contributed by atoms with Crippen molar-refractivity contribution in [3.63, 3.8) is 0 Å². The molecule has 0 aromatic heterocycles. The highest BCUT2D eigenvalue weighted by molar-refractivity contribution is 5.99. The molecule has 9 heteroatoms. The Morgan fingerprint density at radius 3 is 1.96 bits per heavy atom. The Morgan fingerprint density at radius 2 is 1.50 bits per heavy atom. The Hall–Kier alpha value is -2.97. The van der Waals surface area contributed by atoms with Crippen LogP contribution in [0.3, 0.4) is 0 Å². The summed E-state index contributed by atoms with van der Waals surface area (Å²) < 4.78 is 27.1. The van der Waals surface area contributed by atoms with Crippen molar-refractivity contribution in [3.05, 3.63) is 35.6 Å². The largest absolute Gasteiger partial charge is 0.468 e. The standard InChI is InChI=1S/C17H20FNO7/c1-9(12(15(21)24-2)16(22)25-3)13(17(23)26-4)19-14(20)10-6-5-7-11(18)8-10/h5-9,12-13H,1-4H3,(H,19,20)/t9-,13+/m0/s1. The van der Waals surface area contributed by atoms with Crippen molar-refractivity contribution >= 4 is 23.8 Å². The van der Waals surface area contributed by atoms with Crippen LogP contribution in [-0.4, -0.2) is 51.2 Å². The molecule has 0 bridgehead atoms. The van der Waals surface area contributed by atoms with Gasteiger partial charge in [-0.05, 0) is 18.2 Å². The van der Waals surface area contributed by atoms with Gasteiger partial charge >= 0.3 is 17.9 Å². The van der Waals surface area contributed by atoms with Crippen LogP contribution in [0.4, 0.5) is 4.39 Å². The number of methoxy groups -OCH3 is 3. The number of rotatable bonds is 7. The number of hydrogen-bond acceptors (Lipinski definition) is 7. The maximum absolute atomic E-state index is 13.3. The molecule has 1 rings (SSSR count). The smallest absolute Gasteiger partial charge is 0.328 e. The number of ether oxygens (including phenoxy) is 3. The van der Waals surface area contributed by atoms with Crippen molar-refractivity contribution in [2.45, 2.75) is 13.0 Å². The molecule has 0 unspecified atom stereocenters. The van der Waals surface area contributed by atoms with Crippen LogP contribution in [0.15, 0.2) is 24.3 Å². The van der Waals surface area contributed by atoms with E-state index in [9.17, 15) is 23.6 Å². The van der Waals surface area contributed by atoms with Gasteiger partial charge in [0.25, 0.3) is 5.91 Å². The molecule has 0 radical (unpaired) electrons. The first-order chi connectivity index (χ1) is 12.3. The predicted molar refractivity (Wildman–Crippen MR) is 86.4 cm³/mol. The number of nitrogens with one attached hydrogen (secondary N) is 1. The molecule has 0 saturated heterocycles. The third kappa shape index (κ3) is 5.01.